The zero-order valence-corrected chi connectivity index (χ0v) is 11.6. The molecule has 2 aliphatic carbocycles. The van der Waals surface area contributed by atoms with E-state index in [4.69, 9.17) is 12.2 Å². The van der Waals surface area contributed by atoms with Crippen molar-refractivity contribution in [3.05, 3.63) is 0 Å². The summed E-state index contributed by atoms with van der Waals surface area (Å²) in [5.74, 6) is 1.91. The number of quaternary nitrogens is 1. The van der Waals surface area contributed by atoms with Crippen LogP contribution in [0.2, 0.25) is 0 Å². The van der Waals surface area contributed by atoms with Crippen LogP contribution in [0.25, 0.3) is 0 Å². The molecule has 1 saturated heterocycles. The molecule has 0 spiro atoms. The van der Waals surface area contributed by atoms with Crippen LogP contribution in [0.15, 0.2) is 0 Å². The van der Waals surface area contributed by atoms with Crippen LogP contribution in [0.5, 0.6) is 0 Å². The van der Waals surface area contributed by atoms with Crippen molar-refractivity contribution >= 4 is 17.3 Å². The monoisotopic (exact) mass is 254 g/mol. The highest BCUT2D eigenvalue weighted by Crippen LogP contribution is 2.44. The average Bonchev–Trinajstić information content (AvgIpc) is 2.91. The molecule has 0 amide bonds. The fraction of sp³-hybridized carbons (Fsp3) is 0.923. The summed E-state index contributed by atoms with van der Waals surface area (Å²) in [6.45, 7) is 4.69. The van der Waals surface area contributed by atoms with Crippen LogP contribution >= 0.6 is 12.2 Å². The van der Waals surface area contributed by atoms with Gasteiger partial charge in [0.15, 0.2) is 5.11 Å². The lowest BCUT2D eigenvalue weighted by molar-refractivity contribution is -0.883. The third kappa shape index (κ3) is 2.43. The Balaban J connectivity index is 1.50. The van der Waals surface area contributed by atoms with Crippen molar-refractivity contribution < 1.29 is 4.90 Å². The molecule has 3 rings (SSSR count). The number of rotatable bonds is 1. The molecule has 0 aromatic rings. The largest absolute Gasteiger partial charge is 0.360 e. The van der Waals surface area contributed by atoms with Crippen molar-refractivity contribution in [2.75, 3.05) is 33.2 Å². The Morgan fingerprint density at radius 1 is 1.24 bits per heavy atom. The number of piperazine rings is 1. The normalized spacial score (nSPS) is 37.5. The minimum atomic E-state index is 0.688. The van der Waals surface area contributed by atoms with Gasteiger partial charge in [-0.25, -0.2) is 0 Å². The second-order valence-electron chi connectivity index (χ2n) is 6.17. The Hall–Kier alpha value is -0.350. The molecular weight excluding hydrogens is 230 g/mol. The van der Waals surface area contributed by atoms with E-state index in [1.165, 1.54) is 38.8 Å². The van der Waals surface area contributed by atoms with Crippen LogP contribution in [0.4, 0.5) is 0 Å². The Kier molecular flexibility index (Phi) is 3.26. The van der Waals surface area contributed by atoms with Gasteiger partial charge in [0.1, 0.15) is 0 Å². The maximum atomic E-state index is 5.57. The fourth-order valence-corrected chi connectivity index (χ4v) is 4.10. The number of hydrogen-bond donors (Lipinski definition) is 2. The smallest absolute Gasteiger partial charge is 0.169 e. The van der Waals surface area contributed by atoms with Crippen molar-refractivity contribution in [3.63, 3.8) is 0 Å². The lowest BCUT2D eigenvalue weighted by Crippen LogP contribution is -3.12. The Labute approximate surface area is 110 Å². The van der Waals surface area contributed by atoms with Gasteiger partial charge in [-0.1, -0.05) is 6.42 Å². The minimum absolute atomic E-state index is 0.688. The number of likely N-dealkylation sites (N-methyl/N-ethyl adjacent to an activating group) is 1. The van der Waals surface area contributed by atoms with Crippen LogP contribution in [0, 0.1) is 11.8 Å². The van der Waals surface area contributed by atoms with E-state index >= 15 is 0 Å². The molecule has 0 aromatic heterocycles. The molecule has 3 nitrogen and oxygen atoms in total. The summed E-state index contributed by atoms with van der Waals surface area (Å²) < 4.78 is 0. The highest BCUT2D eigenvalue weighted by molar-refractivity contribution is 7.80. The lowest BCUT2D eigenvalue weighted by Gasteiger charge is -2.34. The summed E-state index contributed by atoms with van der Waals surface area (Å²) in [7, 11) is 2.27. The predicted molar refractivity (Wildman–Crippen MR) is 73.2 cm³/mol. The van der Waals surface area contributed by atoms with Crippen LogP contribution in [-0.4, -0.2) is 49.3 Å². The highest BCUT2D eigenvalue weighted by Gasteiger charge is 2.40. The molecule has 3 atom stereocenters. The zero-order valence-electron chi connectivity index (χ0n) is 10.7. The summed E-state index contributed by atoms with van der Waals surface area (Å²) in [5, 5.41) is 4.67. The van der Waals surface area contributed by atoms with Crippen LogP contribution < -0.4 is 10.2 Å². The molecule has 4 heteroatoms. The van der Waals surface area contributed by atoms with Gasteiger partial charge in [-0.05, 0) is 43.3 Å². The second kappa shape index (κ2) is 4.73. The van der Waals surface area contributed by atoms with E-state index < -0.39 is 0 Å². The molecule has 1 aliphatic heterocycles. The van der Waals surface area contributed by atoms with Crippen molar-refractivity contribution in [1.82, 2.24) is 10.2 Å². The van der Waals surface area contributed by atoms with E-state index in [0.717, 1.165) is 30.0 Å². The predicted octanol–water partition coefficient (Wildman–Crippen LogP) is -0.120. The molecule has 2 saturated carbocycles. The second-order valence-corrected chi connectivity index (χ2v) is 6.56. The summed E-state index contributed by atoms with van der Waals surface area (Å²) in [4.78, 5) is 4.00. The third-order valence-corrected chi connectivity index (χ3v) is 5.33. The highest BCUT2D eigenvalue weighted by atomic mass is 32.1. The van der Waals surface area contributed by atoms with Crippen molar-refractivity contribution in [1.29, 1.82) is 0 Å². The van der Waals surface area contributed by atoms with Crippen LogP contribution in [-0.2, 0) is 0 Å². The molecule has 2 bridgehead atoms. The van der Waals surface area contributed by atoms with Crippen molar-refractivity contribution in [3.8, 4) is 0 Å². The number of nitrogens with zero attached hydrogens (tertiary/aromatic N) is 1. The van der Waals surface area contributed by atoms with E-state index in [2.05, 4.69) is 17.3 Å². The standard InChI is InChI=1S/C13H23N3S/c1-15-4-6-16(7-5-15)13(17)14-12-9-10-2-3-11(12)8-10/h10-12H,2-9H2,1H3,(H,14,17)/p+1/t10-,11+,12+/m1/s1. The Morgan fingerprint density at radius 2 is 2.00 bits per heavy atom. The van der Waals surface area contributed by atoms with Gasteiger partial charge in [-0.2, -0.15) is 0 Å². The topological polar surface area (TPSA) is 19.7 Å². The van der Waals surface area contributed by atoms with E-state index in [-0.39, 0.29) is 0 Å². The third-order valence-electron chi connectivity index (χ3n) is 4.95. The number of nitrogens with one attached hydrogen (secondary N) is 2. The van der Waals surface area contributed by atoms with Gasteiger partial charge in [0.25, 0.3) is 0 Å². The molecule has 0 unspecified atom stereocenters. The van der Waals surface area contributed by atoms with Crippen LogP contribution in [0.3, 0.4) is 0 Å². The minimum Gasteiger partial charge on any atom is -0.360 e. The van der Waals surface area contributed by atoms with Crippen LogP contribution in [0.1, 0.15) is 25.7 Å². The first-order valence-corrected chi connectivity index (χ1v) is 7.50. The maximum Gasteiger partial charge on any atom is 0.169 e. The first-order valence-electron chi connectivity index (χ1n) is 7.09. The molecule has 1 heterocycles. The van der Waals surface area contributed by atoms with E-state index in [1.807, 2.05) is 0 Å². The molecule has 0 aromatic carbocycles. The van der Waals surface area contributed by atoms with Gasteiger partial charge in [0, 0.05) is 6.04 Å². The van der Waals surface area contributed by atoms with E-state index in [9.17, 15) is 0 Å². The fourth-order valence-electron chi connectivity index (χ4n) is 3.76. The zero-order chi connectivity index (χ0) is 11.8. The molecule has 0 radical (unpaired) electrons. The van der Waals surface area contributed by atoms with E-state index in [1.54, 1.807) is 4.90 Å². The van der Waals surface area contributed by atoms with E-state index in [0.29, 0.717) is 6.04 Å². The summed E-state index contributed by atoms with van der Waals surface area (Å²) in [5.41, 5.74) is 0. The molecule has 17 heavy (non-hydrogen) atoms. The SMILES string of the molecule is C[NH+]1CCN(C(=S)N[C@H]2C[C@@H]3CC[C@H]2C3)CC1. The molecule has 3 fully saturated rings. The molecule has 3 aliphatic rings. The Morgan fingerprint density at radius 3 is 2.59 bits per heavy atom. The molecule has 2 N–H and O–H groups in total. The summed E-state index contributed by atoms with van der Waals surface area (Å²) in [6.07, 6.45) is 5.71. The van der Waals surface area contributed by atoms with Gasteiger partial charge in [-0.3, -0.25) is 0 Å². The van der Waals surface area contributed by atoms with Gasteiger partial charge < -0.3 is 15.1 Å². The van der Waals surface area contributed by atoms with Gasteiger partial charge in [0.2, 0.25) is 0 Å². The van der Waals surface area contributed by atoms with Crippen molar-refractivity contribution in [2.24, 2.45) is 11.8 Å². The summed E-state index contributed by atoms with van der Waals surface area (Å²) >= 11 is 5.57. The number of hydrogen-bond acceptors (Lipinski definition) is 1. The van der Waals surface area contributed by atoms with Gasteiger partial charge >= 0.3 is 0 Å². The maximum absolute atomic E-state index is 5.57. The average molecular weight is 254 g/mol. The first kappa shape index (κ1) is 11.7. The lowest BCUT2D eigenvalue weighted by atomic mass is 9.95. The summed E-state index contributed by atoms with van der Waals surface area (Å²) in [6, 6.07) is 0.688. The molecular formula is C13H24N3S+. The molecule has 96 valence electrons. The Bertz CT molecular complexity index is 299. The quantitative estimate of drug-likeness (QED) is 0.637. The van der Waals surface area contributed by atoms with Crippen molar-refractivity contribution in [2.45, 2.75) is 31.7 Å². The first-order chi connectivity index (χ1) is 8.22. The van der Waals surface area contributed by atoms with Gasteiger partial charge in [-0.15, -0.1) is 0 Å². The van der Waals surface area contributed by atoms with Gasteiger partial charge in [0.05, 0.1) is 33.2 Å². The number of fused-ring (bicyclic) bond motifs is 2. The number of thiocarbonyl (C=S) groups is 1.